The molecular weight excluding hydrogens is 336 g/mol. The van der Waals surface area contributed by atoms with E-state index in [-0.39, 0.29) is 0 Å². The summed E-state index contributed by atoms with van der Waals surface area (Å²) < 4.78 is 7.27. The first-order chi connectivity index (χ1) is 8.56. The zero-order chi connectivity index (χ0) is 13.1. The first-order valence-corrected chi connectivity index (χ1v) is 7.45. The van der Waals surface area contributed by atoms with E-state index in [0.29, 0.717) is 17.0 Å². The van der Waals surface area contributed by atoms with Crippen LogP contribution in [0.25, 0.3) is 0 Å². The fourth-order valence-corrected chi connectivity index (χ4v) is 2.69. The molecule has 0 amide bonds. The van der Waals surface area contributed by atoms with Gasteiger partial charge in [-0.15, -0.1) is 10.2 Å². The molecule has 18 heavy (non-hydrogen) atoms. The molecule has 0 atom stereocenters. The minimum Gasteiger partial charge on any atom is -0.486 e. The summed E-state index contributed by atoms with van der Waals surface area (Å²) in [6, 6.07) is 6.00. The molecule has 0 spiro atoms. The maximum absolute atomic E-state index is 5.78. The number of hydrogen-bond donors (Lipinski definition) is 0. The lowest BCUT2D eigenvalue weighted by molar-refractivity contribution is 0.300. The van der Waals surface area contributed by atoms with Crippen LogP contribution < -0.4 is 4.74 Å². The Kier molecular flexibility index (Phi) is 4.59. The predicted octanol–water partition coefficient (Wildman–Crippen LogP) is 4.66. The lowest BCUT2D eigenvalue weighted by atomic mass is 10.0. The maximum Gasteiger partial charge on any atom is 0.207 e. The largest absolute Gasteiger partial charge is 0.486 e. The van der Waals surface area contributed by atoms with Crippen molar-refractivity contribution in [2.24, 2.45) is 0 Å². The third-order valence-electron chi connectivity index (χ3n) is 2.39. The smallest absolute Gasteiger partial charge is 0.207 e. The lowest BCUT2D eigenvalue weighted by Crippen LogP contribution is -1.99. The highest BCUT2D eigenvalue weighted by Crippen LogP contribution is 2.30. The second kappa shape index (κ2) is 5.99. The zero-order valence-electron chi connectivity index (χ0n) is 9.98. The Morgan fingerprint density at radius 3 is 2.78 bits per heavy atom. The SMILES string of the molecule is CC(C)c1cc(Br)ccc1OCc1nnc(Cl)s1. The molecule has 0 aliphatic heterocycles. The molecule has 96 valence electrons. The molecule has 1 aromatic carbocycles. The minimum atomic E-state index is 0.395. The highest BCUT2D eigenvalue weighted by Gasteiger charge is 2.10. The molecule has 6 heteroatoms. The van der Waals surface area contributed by atoms with Gasteiger partial charge < -0.3 is 4.74 Å². The Morgan fingerprint density at radius 1 is 1.39 bits per heavy atom. The van der Waals surface area contributed by atoms with Gasteiger partial charge in [-0.25, -0.2) is 0 Å². The molecule has 0 aliphatic carbocycles. The van der Waals surface area contributed by atoms with Crippen LogP contribution in [0.3, 0.4) is 0 Å². The third kappa shape index (κ3) is 3.43. The number of halogens is 2. The number of aromatic nitrogens is 2. The Bertz CT molecular complexity index is 545. The summed E-state index contributed by atoms with van der Waals surface area (Å²) in [4.78, 5) is 0. The summed E-state index contributed by atoms with van der Waals surface area (Å²) in [5.74, 6) is 1.27. The van der Waals surface area contributed by atoms with Gasteiger partial charge in [-0.1, -0.05) is 41.1 Å². The molecule has 0 saturated carbocycles. The van der Waals surface area contributed by atoms with Gasteiger partial charge >= 0.3 is 0 Å². The van der Waals surface area contributed by atoms with Crippen LogP contribution in [0, 0.1) is 0 Å². The third-order valence-corrected chi connectivity index (χ3v) is 3.87. The van der Waals surface area contributed by atoms with Gasteiger partial charge in [0.2, 0.25) is 4.47 Å². The van der Waals surface area contributed by atoms with E-state index in [0.717, 1.165) is 15.2 Å². The van der Waals surface area contributed by atoms with Crippen molar-refractivity contribution < 1.29 is 4.74 Å². The molecule has 0 N–H and O–H groups in total. The van der Waals surface area contributed by atoms with Crippen molar-refractivity contribution in [3.63, 3.8) is 0 Å². The predicted molar refractivity (Wildman–Crippen MR) is 77.5 cm³/mol. The summed E-state index contributed by atoms with van der Waals surface area (Å²) in [6.07, 6.45) is 0. The van der Waals surface area contributed by atoms with Gasteiger partial charge in [0.15, 0.2) is 5.01 Å². The minimum absolute atomic E-state index is 0.395. The van der Waals surface area contributed by atoms with Crippen LogP contribution in [-0.4, -0.2) is 10.2 Å². The van der Waals surface area contributed by atoms with Crippen LogP contribution in [0.2, 0.25) is 4.47 Å². The van der Waals surface area contributed by atoms with Gasteiger partial charge in [-0.05, 0) is 41.3 Å². The second-order valence-electron chi connectivity index (χ2n) is 4.07. The van der Waals surface area contributed by atoms with Crippen molar-refractivity contribution in [3.05, 3.63) is 37.7 Å². The summed E-state index contributed by atoms with van der Waals surface area (Å²) >= 11 is 10.5. The Hall–Kier alpha value is -0.650. The van der Waals surface area contributed by atoms with Crippen molar-refractivity contribution in [1.82, 2.24) is 10.2 Å². The highest BCUT2D eigenvalue weighted by molar-refractivity contribution is 9.10. The molecule has 1 heterocycles. The van der Waals surface area contributed by atoms with Crippen molar-refractivity contribution in [1.29, 1.82) is 0 Å². The Balaban J connectivity index is 2.13. The second-order valence-corrected chi connectivity index (χ2v) is 6.63. The molecule has 2 rings (SSSR count). The van der Waals surface area contributed by atoms with Crippen LogP contribution in [0.4, 0.5) is 0 Å². The fraction of sp³-hybridized carbons (Fsp3) is 0.333. The standard InChI is InChI=1S/C12H12BrClN2OS/c1-7(2)9-5-8(13)3-4-10(9)17-6-11-15-16-12(14)18-11/h3-5,7H,6H2,1-2H3. The summed E-state index contributed by atoms with van der Waals surface area (Å²) in [6.45, 7) is 4.67. The van der Waals surface area contributed by atoms with E-state index in [1.165, 1.54) is 16.9 Å². The average Bonchev–Trinajstić information content (AvgIpc) is 2.73. The molecule has 0 bridgehead atoms. The van der Waals surface area contributed by atoms with Crippen molar-refractivity contribution in [2.75, 3.05) is 0 Å². The molecule has 0 fully saturated rings. The van der Waals surface area contributed by atoms with Gasteiger partial charge in [0.1, 0.15) is 12.4 Å². The Morgan fingerprint density at radius 2 is 2.17 bits per heavy atom. The summed E-state index contributed by atoms with van der Waals surface area (Å²) in [5.41, 5.74) is 1.17. The number of ether oxygens (including phenoxy) is 1. The first-order valence-electron chi connectivity index (χ1n) is 5.46. The molecule has 3 nitrogen and oxygen atoms in total. The molecule has 0 aliphatic rings. The number of nitrogens with zero attached hydrogens (tertiary/aromatic N) is 2. The van der Waals surface area contributed by atoms with Crippen molar-refractivity contribution in [2.45, 2.75) is 26.4 Å². The van der Waals surface area contributed by atoms with E-state index in [4.69, 9.17) is 16.3 Å². The van der Waals surface area contributed by atoms with E-state index in [2.05, 4.69) is 46.0 Å². The maximum atomic E-state index is 5.78. The van der Waals surface area contributed by atoms with E-state index < -0.39 is 0 Å². The number of benzene rings is 1. The van der Waals surface area contributed by atoms with Gasteiger partial charge in [0, 0.05) is 4.47 Å². The number of rotatable bonds is 4. The van der Waals surface area contributed by atoms with Gasteiger partial charge in [0.25, 0.3) is 0 Å². The monoisotopic (exact) mass is 346 g/mol. The summed E-state index contributed by atoms with van der Waals surface area (Å²) in [7, 11) is 0. The molecule has 1 aromatic heterocycles. The quantitative estimate of drug-likeness (QED) is 0.807. The van der Waals surface area contributed by atoms with E-state index in [1.807, 2.05) is 12.1 Å². The first kappa shape index (κ1) is 13.8. The Labute approximate surface area is 123 Å². The zero-order valence-corrected chi connectivity index (χ0v) is 13.1. The van der Waals surface area contributed by atoms with E-state index in [1.54, 1.807) is 0 Å². The molecular formula is C12H12BrClN2OS. The molecule has 2 aromatic rings. The normalized spacial score (nSPS) is 10.9. The van der Waals surface area contributed by atoms with Gasteiger partial charge in [0.05, 0.1) is 0 Å². The highest BCUT2D eigenvalue weighted by atomic mass is 79.9. The van der Waals surface area contributed by atoms with Crippen molar-refractivity contribution >= 4 is 38.9 Å². The molecule has 0 unspecified atom stereocenters. The van der Waals surface area contributed by atoms with Gasteiger partial charge in [-0.2, -0.15) is 0 Å². The summed E-state index contributed by atoms with van der Waals surface area (Å²) in [5, 5.41) is 8.45. The molecule has 0 saturated heterocycles. The molecule has 0 radical (unpaired) electrons. The van der Waals surface area contributed by atoms with Crippen molar-refractivity contribution in [3.8, 4) is 5.75 Å². The van der Waals surface area contributed by atoms with Gasteiger partial charge in [-0.3, -0.25) is 0 Å². The van der Waals surface area contributed by atoms with E-state index in [9.17, 15) is 0 Å². The van der Waals surface area contributed by atoms with Crippen LogP contribution in [0.1, 0.15) is 30.3 Å². The number of hydrogen-bond acceptors (Lipinski definition) is 4. The van der Waals surface area contributed by atoms with Crippen LogP contribution in [-0.2, 0) is 6.61 Å². The van der Waals surface area contributed by atoms with E-state index >= 15 is 0 Å². The topological polar surface area (TPSA) is 35.0 Å². The average molecular weight is 348 g/mol. The van der Waals surface area contributed by atoms with Crippen LogP contribution in [0.5, 0.6) is 5.75 Å². The lowest BCUT2D eigenvalue weighted by Gasteiger charge is -2.13. The fourth-order valence-electron chi connectivity index (χ4n) is 1.53. The van der Waals surface area contributed by atoms with Crippen LogP contribution in [0.15, 0.2) is 22.7 Å². The van der Waals surface area contributed by atoms with Crippen LogP contribution >= 0.6 is 38.9 Å².